The van der Waals surface area contributed by atoms with Gasteiger partial charge in [-0.05, 0) is 56.1 Å². The van der Waals surface area contributed by atoms with Crippen molar-refractivity contribution in [3.63, 3.8) is 0 Å². The predicted molar refractivity (Wildman–Crippen MR) is 76.1 cm³/mol. The highest BCUT2D eigenvalue weighted by Gasteiger charge is 2.16. The number of anilines is 1. The number of carbonyl (C=O) groups excluding carboxylic acids is 1. The molecule has 2 aromatic rings. The molecule has 0 bridgehead atoms. The summed E-state index contributed by atoms with van der Waals surface area (Å²) in [5.41, 5.74) is -0.0605. The van der Waals surface area contributed by atoms with E-state index in [2.05, 4.69) is 37.2 Å². The number of halogens is 5. The average Bonchev–Trinajstić information content (AvgIpc) is 2.33. The second kappa shape index (κ2) is 5.97. The van der Waals surface area contributed by atoms with Crippen LogP contribution in [-0.2, 0) is 0 Å². The van der Waals surface area contributed by atoms with Gasteiger partial charge in [0, 0.05) is 15.0 Å². The van der Waals surface area contributed by atoms with E-state index >= 15 is 0 Å². The first-order valence-electron chi connectivity index (χ1n) is 5.29. The van der Waals surface area contributed by atoms with Crippen molar-refractivity contribution >= 4 is 43.5 Å². The lowest BCUT2D eigenvalue weighted by atomic mass is 10.2. The molecule has 0 saturated heterocycles. The van der Waals surface area contributed by atoms with Crippen LogP contribution in [0.5, 0.6) is 0 Å². The molecule has 1 amide bonds. The van der Waals surface area contributed by atoms with Gasteiger partial charge >= 0.3 is 0 Å². The molecule has 7 heteroatoms. The molecule has 0 heterocycles. The minimum absolute atomic E-state index is 0.0709. The van der Waals surface area contributed by atoms with Gasteiger partial charge in [-0.25, -0.2) is 13.2 Å². The van der Waals surface area contributed by atoms with Crippen molar-refractivity contribution in [3.05, 3.63) is 62.3 Å². The van der Waals surface area contributed by atoms with Gasteiger partial charge in [-0.1, -0.05) is 0 Å². The molecule has 0 atom stereocenters. The molecule has 0 aliphatic heterocycles. The first-order valence-corrected chi connectivity index (χ1v) is 6.88. The molecule has 2 rings (SSSR count). The van der Waals surface area contributed by atoms with E-state index in [4.69, 9.17) is 0 Å². The van der Waals surface area contributed by atoms with E-state index in [9.17, 15) is 18.0 Å². The predicted octanol–water partition coefficient (Wildman–Crippen LogP) is 4.88. The highest BCUT2D eigenvalue weighted by molar-refractivity contribution is 9.11. The maximum atomic E-state index is 13.6. The number of carbonyl (C=O) groups is 1. The smallest absolute Gasteiger partial charge is 0.256 e. The molecular formula is C13H6Br2F3NO. The Labute approximate surface area is 129 Å². The van der Waals surface area contributed by atoms with E-state index in [-0.39, 0.29) is 20.2 Å². The molecular weight excluding hydrogens is 403 g/mol. The third kappa shape index (κ3) is 3.21. The van der Waals surface area contributed by atoms with Crippen LogP contribution in [0.15, 0.2) is 39.3 Å². The van der Waals surface area contributed by atoms with Crippen LogP contribution in [0.4, 0.5) is 18.9 Å². The van der Waals surface area contributed by atoms with Crippen LogP contribution in [0.1, 0.15) is 10.4 Å². The highest BCUT2D eigenvalue weighted by atomic mass is 79.9. The SMILES string of the molecule is O=C(Nc1c(F)cc(F)cc1Br)c1ccc(F)cc1Br. The number of hydrogen-bond donors (Lipinski definition) is 1. The molecule has 0 aliphatic carbocycles. The number of amides is 1. The zero-order valence-electron chi connectivity index (χ0n) is 9.68. The summed E-state index contributed by atoms with van der Waals surface area (Å²) < 4.78 is 39.8. The number of hydrogen-bond acceptors (Lipinski definition) is 1. The monoisotopic (exact) mass is 407 g/mol. The van der Waals surface area contributed by atoms with Gasteiger partial charge in [-0.15, -0.1) is 0 Å². The Morgan fingerprint density at radius 1 is 0.950 bits per heavy atom. The molecule has 0 aromatic heterocycles. The van der Waals surface area contributed by atoms with Gasteiger partial charge < -0.3 is 5.32 Å². The molecule has 0 unspecified atom stereocenters. The normalized spacial score (nSPS) is 10.4. The van der Waals surface area contributed by atoms with Gasteiger partial charge in [-0.3, -0.25) is 4.79 Å². The van der Waals surface area contributed by atoms with Gasteiger partial charge in [0.2, 0.25) is 0 Å². The number of nitrogens with one attached hydrogen (secondary N) is 1. The highest BCUT2D eigenvalue weighted by Crippen LogP contribution is 2.28. The van der Waals surface area contributed by atoms with E-state index in [1.165, 1.54) is 6.07 Å². The van der Waals surface area contributed by atoms with Crippen LogP contribution in [-0.4, -0.2) is 5.91 Å². The lowest BCUT2D eigenvalue weighted by Crippen LogP contribution is -2.14. The van der Waals surface area contributed by atoms with Crippen LogP contribution < -0.4 is 5.32 Å². The molecule has 0 spiro atoms. The van der Waals surface area contributed by atoms with Crippen LogP contribution in [0, 0.1) is 17.5 Å². The molecule has 104 valence electrons. The van der Waals surface area contributed by atoms with Crippen LogP contribution in [0.3, 0.4) is 0 Å². The fourth-order valence-corrected chi connectivity index (χ4v) is 2.55. The molecule has 2 nitrogen and oxygen atoms in total. The second-order valence-electron chi connectivity index (χ2n) is 3.82. The summed E-state index contributed by atoms with van der Waals surface area (Å²) in [5, 5.41) is 2.30. The van der Waals surface area contributed by atoms with E-state index in [1.54, 1.807) is 0 Å². The van der Waals surface area contributed by atoms with Crippen LogP contribution >= 0.6 is 31.9 Å². The van der Waals surface area contributed by atoms with Gasteiger partial charge in [0.1, 0.15) is 11.6 Å². The van der Waals surface area contributed by atoms with Gasteiger partial charge in [-0.2, -0.15) is 0 Å². The van der Waals surface area contributed by atoms with E-state index < -0.39 is 23.4 Å². The van der Waals surface area contributed by atoms with Crippen molar-refractivity contribution in [2.75, 3.05) is 5.32 Å². The summed E-state index contributed by atoms with van der Waals surface area (Å²) in [4.78, 5) is 12.0. The number of rotatable bonds is 2. The Hall–Kier alpha value is -1.34. The minimum Gasteiger partial charge on any atom is -0.318 e. The largest absolute Gasteiger partial charge is 0.318 e. The van der Waals surface area contributed by atoms with Crippen molar-refractivity contribution in [3.8, 4) is 0 Å². The molecule has 0 fully saturated rings. The van der Waals surface area contributed by atoms with E-state index in [0.717, 1.165) is 18.2 Å². The summed E-state index contributed by atoms with van der Waals surface area (Å²) in [6.07, 6.45) is 0. The zero-order valence-corrected chi connectivity index (χ0v) is 12.9. The molecule has 0 aliphatic rings. The van der Waals surface area contributed by atoms with E-state index in [1.807, 2.05) is 0 Å². The molecule has 20 heavy (non-hydrogen) atoms. The summed E-state index contributed by atoms with van der Waals surface area (Å²) in [7, 11) is 0. The topological polar surface area (TPSA) is 29.1 Å². The third-order valence-corrected chi connectivity index (χ3v) is 3.70. The first-order chi connectivity index (χ1) is 9.38. The Kier molecular flexibility index (Phi) is 4.49. The van der Waals surface area contributed by atoms with Crippen LogP contribution in [0.2, 0.25) is 0 Å². The molecule has 0 radical (unpaired) electrons. The Morgan fingerprint density at radius 2 is 1.60 bits per heavy atom. The van der Waals surface area contributed by atoms with Crippen LogP contribution in [0.25, 0.3) is 0 Å². The molecule has 1 N–H and O–H groups in total. The molecule has 0 saturated carbocycles. The summed E-state index contributed by atoms with van der Waals surface area (Å²) >= 11 is 6.01. The number of benzene rings is 2. The lowest BCUT2D eigenvalue weighted by molar-refractivity contribution is 0.102. The fourth-order valence-electron chi connectivity index (χ4n) is 1.52. The fraction of sp³-hybridized carbons (Fsp3) is 0. The van der Waals surface area contributed by atoms with Gasteiger partial charge in [0.25, 0.3) is 5.91 Å². The third-order valence-electron chi connectivity index (χ3n) is 2.42. The second-order valence-corrected chi connectivity index (χ2v) is 5.53. The van der Waals surface area contributed by atoms with Crippen molar-refractivity contribution in [2.45, 2.75) is 0 Å². The maximum Gasteiger partial charge on any atom is 0.256 e. The zero-order chi connectivity index (χ0) is 14.9. The Bertz CT molecular complexity index is 668. The van der Waals surface area contributed by atoms with Gasteiger partial charge in [0.15, 0.2) is 5.82 Å². The summed E-state index contributed by atoms with van der Waals surface area (Å²) in [6.45, 7) is 0. The maximum absolute atomic E-state index is 13.6. The van der Waals surface area contributed by atoms with Crippen molar-refractivity contribution in [2.24, 2.45) is 0 Å². The summed E-state index contributed by atoms with van der Waals surface area (Å²) in [6, 6.07) is 5.16. The van der Waals surface area contributed by atoms with Crippen molar-refractivity contribution < 1.29 is 18.0 Å². The van der Waals surface area contributed by atoms with Crippen molar-refractivity contribution in [1.82, 2.24) is 0 Å². The lowest BCUT2D eigenvalue weighted by Gasteiger charge is -2.10. The summed E-state index contributed by atoms with van der Waals surface area (Å²) in [5.74, 6) is -2.84. The van der Waals surface area contributed by atoms with Gasteiger partial charge in [0.05, 0.1) is 11.3 Å². The van der Waals surface area contributed by atoms with Crippen molar-refractivity contribution in [1.29, 1.82) is 0 Å². The Balaban J connectivity index is 2.33. The minimum atomic E-state index is -0.913. The Morgan fingerprint density at radius 3 is 2.20 bits per heavy atom. The first kappa shape index (κ1) is 15.1. The quantitative estimate of drug-likeness (QED) is 0.753. The van der Waals surface area contributed by atoms with E-state index in [0.29, 0.717) is 6.07 Å². The molecule has 2 aromatic carbocycles. The average molecular weight is 409 g/mol. The standard InChI is InChI=1S/C13H6Br2F3NO/c14-9-3-6(16)1-2-8(9)13(20)19-12-10(15)4-7(17)5-11(12)18/h1-5H,(H,19,20).